The Morgan fingerprint density at radius 2 is 1.67 bits per heavy atom. The number of rotatable bonds is 12. The van der Waals surface area contributed by atoms with Crippen LogP contribution >= 0.6 is 0 Å². The third-order valence-corrected chi connectivity index (χ3v) is 6.39. The Bertz CT molecular complexity index is 944. The average Bonchev–Trinajstić information content (AvgIpc) is 2.88. The number of nitrogens with zero attached hydrogens (tertiary/aromatic N) is 2. The standard InChI is InChI=1S/C28H40N4O4/c1-21(2)18-25(29)27(34)30-26(28(35)32-14-12-31(13-15-32)16-17-33)19-22-8-10-24(11-9-22)36-20-23-6-4-3-5-7-23/h3-11,21,25-26,33H,12-20,29H2,1-2H3,(H,30,34). The molecule has 1 aliphatic rings. The molecule has 0 aliphatic carbocycles. The van der Waals surface area contributed by atoms with E-state index in [1.54, 1.807) is 4.90 Å². The molecule has 3 rings (SSSR count). The molecule has 0 aromatic heterocycles. The largest absolute Gasteiger partial charge is 0.489 e. The molecule has 0 saturated carbocycles. The van der Waals surface area contributed by atoms with Gasteiger partial charge in [-0.2, -0.15) is 0 Å². The van der Waals surface area contributed by atoms with Crippen molar-refractivity contribution in [2.75, 3.05) is 39.3 Å². The fourth-order valence-corrected chi connectivity index (χ4v) is 4.35. The summed E-state index contributed by atoms with van der Waals surface area (Å²) in [6, 6.07) is 16.2. The van der Waals surface area contributed by atoms with Gasteiger partial charge < -0.3 is 25.8 Å². The Hall–Kier alpha value is -2.94. The highest BCUT2D eigenvalue weighted by atomic mass is 16.5. The molecule has 0 bridgehead atoms. The number of aliphatic hydroxyl groups is 1. The second-order valence-corrected chi connectivity index (χ2v) is 9.81. The van der Waals surface area contributed by atoms with Gasteiger partial charge in [0.1, 0.15) is 18.4 Å². The SMILES string of the molecule is CC(C)CC(N)C(=O)NC(Cc1ccc(OCc2ccccc2)cc1)C(=O)N1CCN(CCO)CC1. The lowest BCUT2D eigenvalue weighted by atomic mass is 10.0. The van der Waals surface area contributed by atoms with Crippen LogP contribution in [-0.4, -0.2) is 78.1 Å². The third kappa shape index (κ3) is 8.62. The minimum atomic E-state index is -0.698. The van der Waals surface area contributed by atoms with Crippen molar-refractivity contribution in [1.29, 1.82) is 0 Å². The third-order valence-electron chi connectivity index (χ3n) is 6.39. The van der Waals surface area contributed by atoms with Crippen molar-refractivity contribution in [3.63, 3.8) is 0 Å². The molecule has 8 heteroatoms. The summed E-state index contributed by atoms with van der Waals surface area (Å²) in [4.78, 5) is 30.2. The number of hydrogen-bond donors (Lipinski definition) is 3. The number of β-amino-alcohol motifs (C(OH)–C–C–N with tert-alkyl or cyclic N) is 1. The lowest BCUT2D eigenvalue weighted by Crippen LogP contribution is -2.57. The van der Waals surface area contributed by atoms with Crippen LogP contribution in [0.2, 0.25) is 0 Å². The number of aliphatic hydroxyl groups excluding tert-OH is 1. The minimum absolute atomic E-state index is 0.103. The fourth-order valence-electron chi connectivity index (χ4n) is 4.35. The maximum atomic E-state index is 13.5. The van der Waals surface area contributed by atoms with Gasteiger partial charge in [0.2, 0.25) is 11.8 Å². The molecule has 2 amide bonds. The van der Waals surface area contributed by atoms with Crippen LogP contribution in [0, 0.1) is 5.92 Å². The van der Waals surface area contributed by atoms with Crippen LogP contribution in [0.3, 0.4) is 0 Å². The first-order valence-electron chi connectivity index (χ1n) is 12.8. The highest BCUT2D eigenvalue weighted by Gasteiger charge is 2.30. The van der Waals surface area contributed by atoms with E-state index in [4.69, 9.17) is 10.5 Å². The number of carbonyl (C=O) groups excluding carboxylic acids is 2. The van der Waals surface area contributed by atoms with Crippen molar-refractivity contribution in [3.05, 3.63) is 65.7 Å². The first-order chi connectivity index (χ1) is 17.4. The Morgan fingerprint density at radius 3 is 2.28 bits per heavy atom. The predicted molar refractivity (Wildman–Crippen MR) is 140 cm³/mol. The molecule has 196 valence electrons. The van der Waals surface area contributed by atoms with Crippen molar-refractivity contribution in [2.24, 2.45) is 11.7 Å². The highest BCUT2D eigenvalue weighted by Crippen LogP contribution is 2.17. The molecular weight excluding hydrogens is 456 g/mol. The van der Waals surface area contributed by atoms with E-state index in [0.717, 1.165) is 16.9 Å². The van der Waals surface area contributed by atoms with Gasteiger partial charge in [-0.15, -0.1) is 0 Å². The number of nitrogens with two attached hydrogens (primary N) is 1. The van der Waals surface area contributed by atoms with Crippen molar-refractivity contribution in [1.82, 2.24) is 15.1 Å². The lowest BCUT2D eigenvalue weighted by molar-refractivity contribution is -0.138. The van der Waals surface area contributed by atoms with E-state index in [2.05, 4.69) is 10.2 Å². The fraction of sp³-hybridized carbons (Fsp3) is 0.500. The summed E-state index contributed by atoms with van der Waals surface area (Å²) >= 11 is 0. The Labute approximate surface area is 214 Å². The highest BCUT2D eigenvalue weighted by molar-refractivity contribution is 5.90. The molecule has 2 unspecified atom stereocenters. The molecule has 36 heavy (non-hydrogen) atoms. The van der Waals surface area contributed by atoms with Crippen LogP contribution in [-0.2, 0) is 22.6 Å². The molecule has 0 radical (unpaired) electrons. The van der Waals surface area contributed by atoms with Crippen LogP contribution in [0.25, 0.3) is 0 Å². The van der Waals surface area contributed by atoms with E-state index < -0.39 is 12.1 Å². The van der Waals surface area contributed by atoms with E-state index in [9.17, 15) is 14.7 Å². The minimum Gasteiger partial charge on any atom is -0.489 e. The zero-order valence-corrected chi connectivity index (χ0v) is 21.4. The van der Waals surface area contributed by atoms with Crippen LogP contribution in [0.4, 0.5) is 0 Å². The second-order valence-electron chi connectivity index (χ2n) is 9.81. The number of benzene rings is 2. The number of amides is 2. The normalized spacial score (nSPS) is 16.0. The van der Waals surface area contributed by atoms with Gasteiger partial charge in [0.15, 0.2) is 0 Å². The molecule has 8 nitrogen and oxygen atoms in total. The van der Waals surface area contributed by atoms with E-state index >= 15 is 0 Å². The van der Waals surface area contributed by atoms with Crippen molar-refractivity contribution in [3.8, 4) is 5.75 Å². The molecule has 2 atom stereocenters. The Kier molecular flexibility index (Phi) is 10.7. The maximum absolute atomic E-state index is 13.5. The monoisotopic (exact) mass is 496 g/mol. The zero-order chi connectivity index (χ0) is 25.9. The first-order valence-corrected chi connectivity index (χ1v) is 12.8. The molecule has 2 aromatic carbocycles. The number of hydrogen-bond acceptors (Lipinski definition) is 6. The molecule has 4 N–H and O–H groups in total. The van der Waals surface area contributed by atoms with Gasteiger partial charge in [-0.05, 0) is 35.6 Å². The average molecular weight is 497 g/mol. The van der Waals surface area contributed by atoms with Crippen molar-refractivity contribution >= 4 is 11.8 Å². The second kappa shape index (κ2) is 14.0. The van der Waals surface area contributed by atoms with E-state index in [-0.39, 0.29) is 24.3 Å². The molecule has 1 fully saturated rings. The molecular formula is C28H40N4O4. The summed E-state index contributed by atoms with van der Waals surface area (Å²) in [6.45, 7) is 7.75. The number of carbonyl (C=O) groups is 2. The van der Waals surface area contributed by atoms with Gasteiger partial charge in [-0.1, -0.05) is 56.3 Å². The van der Waals surface area contributed by atoms with Crippen LogP contribution in [0.5, 0.6) is 5.75 Å². The summed E-state index contributed by atoms with van der Waals surface area (Å²) in [7, 11) is 0. The lowest BCUT2D eigenvalue weighted by Gasteiger charge is -2.36. The van der Waals surface area contributed by atoms with E-state index in [1.807, 2.05) is 68.4 Å². The molecule has 2 aromatic rings. The van der Waals surface area contributed by atoms with Crippen molar-refractivity contribution < 1.29 is 19.4 Å². The molecule has 1 saturated heterocycles. The Morgan fingerprint density at radius 1 is 1.00 bits per heavy atom. The zero-order valence-electron chi connectivity index (χ0n) is 21.4. The number of ether oxygens (including phenoxy) is 1. The van der Waals surface area contributed by atoms with E-state index in [0.29, 0.717) is 52.2 Å². The summed E-state index contributed by atoms with van der Waals surface area (Å²) in [6.07, 6.45) is 0.925. The van der Waals surface area contributed by atoms with Gasteiger partial charge in [0.05, 0.1) is 12.6 Å². The molecule has 0 spiro atoms. The van der Waals surface area contributed by atoms with Gasteiger partial charge in [-0.25, -0.2) is 0 Å². The smallest absolute Gasteiger partial charge is 0.245 e. The predicted octanol–water partition coefficient (Wildman–Crippen LogP) is 1.80. The topological polar surface area (TPSA) is 108 Å². The molecule has 1 aliphatic heterocycles. The number of piperazine rings is 1. The van der Waals surface area contributed by atoms with Gasteiger partial charge >= 0.3 is 0 Å². The van der Waals surface area contributed by atoms with Gasteiger partial charge in [0, 0.05) is 39.1 Å². The summed E-state index contributed by atoms with van der Waals surface area (Å²) in [5.74, 6) is 0.619. The van der Waals surface area contributed by atoms with E-state index in [1.165, 1.54) is 0 Å². The summed E-state index contributed by atoms with van der Waals surface area (Å²) in [5.41, 5.74) is 8.12. The van der Waals surface area contributed by atoms with Crippen LogP contribution in [0.1, 0.15) is 31.4 Å². The molecule has 1 heterocycles. The number of nitrogens with one attached hydrogen (secondary N) is 1. The first kappa shape index (κ1) is 27.6. The van der Waals surface area contributed by atoms with Crippen LogP contribution in [0.15, 0.2) is 54.6 Å². The Balaban J connectivity index is 1.65. The summed E-state index contributed by atoms with van der Waals surface area (Å²) in [5, 5.41) is 12.1. The van der Waals surface area contributed by atoms with Crippen LogP contribution < -0.4 is 15.8 Å². The van der Waals surface area contributed by atoms with Gasteiger partial charge in [0.25, 0.3) is 0 Å². The van der Waals surface area contributed by atoms with Gasteiger partial charge in [-0.3, -0.25) is 14.5 Å². The van der Waals surface area contributed by atoms with Crippen molar-refractivity contribution in [2.45, 2.75) is 45.4 Å². The summed E-state index contributed by atoms with van der Waals surface area (Å²) < 4.78 is 5.87. The quantitative estimate of drug-likeness (QED) is 0.414. The maximum Gasteiger partial charge on any atom is 0.245 e.